The number of primary amides is 1. The fraction of sp³-hybridized carbons (Fsp3) is 0.421. The lowest BCUT2D eigenvalue weighted by atomic mass is 9.94. The molecule has 2 fully saturated rings. The van der Waals surface area contributed by atoms with Crippen molar-refractivity contribution in [2.75, 3.05) is 11.9 Å². The number of rotatable bonds is 7. The van der Waals surface area contributed by atoms with Crippen molar-refractivity contribution in [3.8, 4) is 17.5 Å². The number of alkyl halides is 3. The smallest absolute Gasteiger partial charge is 0.406 e. The molecular formula is C19H16Cl2F3N5O2. The Morgan fingerprint density at radius 2 is 1.97 bits per heavy atom. The summed E-state index contributed by atoms with van der Waals surface area (Å²) in [6.45, 7) is 0.558. The standard InChI is InChI=1S/C19H16Cl2F3N5O2/c20-11-5-10(31-19(22,23)24)6-12(21)15(11)29-16(27-8-9-1-2-9)14(13(7-25)28-29)18(3-4-18)17(26)30/h5-6,9,27H,1-4,8H2,(H2,26,30). The number of carbonyl (C=O) groups excluding carboxylic acids is 1. The molecule has 1 aromatic carbocycles. The van der Waals surface area contributed by atoms with Gasteiger partial charge < -0.3 is 15.8 Å². The third-order valence-corrected chi connectivity index (χ3v) is 5.96. The van der Waals surface area contributed by atoms with Gasteiger partial charge in [-0.3, -0.25) is 4.79 Å². The Morgan fingerprint density at radius 3 is 2.42 bits per heavy atom. The molecule has 1 amide bonds. The van der Waals surface area contributed by atoms with Crippen LogP contribution in [0.5, 0.6) is 5.75 Å². The lowest BCUT2D eigenvalue weighted by Crippen LogP contribution is -2.30. The van der Waals surface area contributed by atoms with E-state index in [1.807, 2.05) is 6.07 Å². The number of benzene rings is 1. The Hall–Kier alpha value is -2.64. The molecule has 7 nitrogen and oxygen atoms in total. The fourth-order valence-electron chi connectivity index (χ4n) is 3.52. The lowest BCUT2D eigenvalue weighted by Gasteiger charge is -2.18. The SMILES string of the molecule is N#Cc1nn(-c2c(Cl)cc(OC(F)(F)F)cc2Cl)c(NCC2CC2)c1C1(C(N)=O)CC1. The van der Waals surface area contributed by atoms with Crippen LogP contribution in [0.25, 0.3) is 5.69 Å². The molecule has 0 saturated heterocycles. The van der Waals surface area contributed by atoms with Crippen LogP contribution < -0.4 is 15.8 Å². The summed E-state index contributed by atoms with van der Waals surface area (Å²) in [6.07, 6.45) is -1.93. The Kier molecular flexibility index (Phi) is 5.22. The molecule has 2 aliphatic carbocycles. The van der Waals surface area contributed by atoms with E-state index in [2.05, 4.69) is 15.2 Å². The van der Waals surface area contributed by atoms with E-state index in [9.17, 15) is 23.2 Å². The van der Waals surface area contributed by atoms with Crippen LogP contribution >= 0.6 is 23.2 Å². The van der Waals surface area contributed by atoms with Crippen LogP contribution in [0.3, 0.4) is 0 Å². The average molecular weight is 474 g/mol. The molecule has 0 aliphatic heterocycles. The molecule has 1 aromatic heterocycles. The number of carbonyl (C=O) groups is 1. The normalized spacial score (nSPS) is 17.2. The predicted octanol–water partition coefficient (Wildman–Crippen LogP) is 4.29. The van der Waals surface area contributed by atoms with Crippen LogP contribution in [0.1, 0.15) is 36.9 Å². The highest BCUT2D eigenvalue weighted by molar-refractivity contribution is 6.38. The van der Waals surface area contributed by atoms with Gasteiger partial charge in [-0.2, -0.15) is 10.4 Å². The Labute approximate surface area is 184 Å². The van der Waals surface area contributed by atoms with Crippen molar-refractivity contribution >= 4 is 34.9 Å². The van der Waals surface area contributed by atoms with Crippen LogP contribution in [0.4, 0.5) is 19.0 Å². The zero-order chi connectivity index (χ0) is 22.6. The molecule has 0 spiro atoms. The molecule has 1 heterocycles. The van der Waals surface area contributed by atoms with Crippen molar-refractivity contribution in [2.45, 2.75) is 37.5 Å². The molecule has 0 atom stereocenters. The summed E-state index contributed by atoms with van der Waals surface area (Å²) < 4.78 is 42.9. The molecular weight excluding hydrogens is 458 g/mol. The molecule has 0 radical (unpaired) electrons. The van der Waals surface area contributed by atoms with E-state index >= 15 is 0 Å². The van der Waals surface area contributed by atoms with Gasteiger partial charge in [0.05, 0.1) is 15.5 Å². The predicted molar refractivity (Wildman–Crippen MR) is 106 cm³/mol. The van der Waals surface area contributed by atoms with Gasteiger partial charge in [-0.25, -0.2) is 4.68 Å². The quantitative estimate of drug-likeness (QED) is 0.623. The van der Waals surface area contributed by atoms with Crippen molar-refractivity contribution in [1.82, 2.24) is 9.78 Å². The zero-order valence-corrected chi connectivity index (χ0v) is 17.4. The molecule has 2 aromatic rings. The maximum Gasteiger partial charge on any atom is 0.573 e. The molecule has 0 bridgehead atoms. The third kappa shape index (κ3) is 4.12. The number of nitriles is 1. The van der Waals surface area contributed by atoms with Crippen LogP contribution in [-0.2, 0) is 10.2 Å². The molecule has 0 unspecified atom stereocenters. The van der Waals surface area contributed by atoms with Gasteiger partial charge in [0, 0.05) is 24.2 Å². The van der Waals surface area contributed by atoms with Crippen molar-refractivity contribution in [1.29, 1.82) is 5.26 Å². The van der Waals surface area contributed by atoms with Crippen molar-refractivity contribution in [2.24, 2.45) is 11.7 Å². The summed E-state index contributed by atoms with van der Waals surface area (Å²) in [5.74, 6) is -0.418. The fourth-order valence-corrected chi connectivity index (χ4v) is 4.15. The Balaban J connectivity index is 1.86. The summed E-state index contributed by atoms with van der Waals surface area (Å²) in [4.78, 5) is 12.2. The summed E-state index contributed by atoms with van der Waals surface area (Å²) >= 11 is 12.5. The lowest BCUT2D eigenvalue weighted by molar-refractivity contribution is -0.274. The number of hydrogen-bond acceptors (Lipinski definition) is 5. The van der Waals surface area contributed by atoms with E-state index in [4.69, 9.17) is 28.9 Å². The van der Waals surface area contributed by atoms with Crippen LogP contribution in [-0.4, -0.2) is 28.6 Å². The number of anilines is 1. The van der Waals surface area contributed by atoms with Gasteiger partial charge in [0.15, 0.2) is 5.69 Å². The Bertz CT molecular complexity index is 1080. The number of ether oxygens (including phenoxy) is 1. The van der Waals surface area contributed by atoms with Gasteiger partial charge in [0.25, 0.3) is 0 Å². The van der Waals surface area contributed by atoms with E-state index in [-0.39, 0.29) is 21.4 Å². The number of aromatic nitrogens is 2. The third-order valence-electron chi connectivity index (χ3n) is 5.38. The van der Waals surface area contributed by atoms with E-state index in [0.717, 1.165) is 25.0 Å². The minimum Gasteiger partial charge on any atom is -0.406 e. The van der Waals surface area contributed by atoms with Crippen molar-refractivity contribution < 1.29 is 22.7 Å². The zero-order valence-electron chi connectivity index (χ0n) is 15.9. The van der Waals surface area contributed by atoms with Gasteiger partial charge in [0.2, 0.25) is 5.91 Å². The number of nitrogens with two attached hydrogens (primary N) is 1. The van der Waals surface area contributed by atoms with Crippen molar-refractivity contribution in [3.05, 3.63) is 33.4 Å². The summed E-state index contributed by atoms with van der Waals surface area (Å²) in [6, 6.07) is 3.88. The Morgan fingerprint density at radius 1 is 1.35 bits per heavy atom. The summed E-state index contributed by atoms with van der Waals surface area (Å²) in [5.41, 5.74) is 4.97. The molecule has 4 rings (SSSR count). The van der Waals surface area contributed by atoms with E-state index in [0.29, 0.717) is 36.7 Å². The average Bonchev–Trinajstić information content (AvgIpc) is 3.56. The van der Waals surface area contributed by atoms with Gasteiger partial charge in [-0.1, -0.05) is 23.2 Å². The second-order valence-electron chi connectivity index (χ2n) is 7.65. The monoisotopic (exact) mass is 473 g/mol. The summed E-state index contributed by atoms with van der Waals surface area (Å²) in [5, 5.41) is 16.8. The molecule has 12 heteroatoms. The number of amides is 1. The molecule has 3 N–H and O–H groups in total. The summed E-state index contributed by atoms with van der Waals surface area (Å²) in [7, 11) is 0. The van der Waals surface area contributed by atoms with Crippen LogP contribution in [0, 0.1) is 17.2 Å². The maximum atomic E-state index is 12.6. The molecule has 2 saturated carbocycles. The minimum atomic E-state index is -4.92. The molecule has 31 heavy (non-hydrogen) atoms. The van der Waals surface area contributed by atoms with Crippen LogP contribution in [0.15, 0.2) is 12.1 Å². The topological polar surface area (TPSA) is 106 Å². The number of hydrogen-bond donors (Lipinski definition) is 2. The first-order valence-corrected chi connectivity index (χ1v) is 10.1. The highest BCUT2D eigenvalue weighted by Crippen LogP contribution is 2.53. The van der Waals surface area contributed by atoms with E-state index in [1.165, 1.54) is 4.68 Å². The van der Waals surface area contributed by atoms with Gasteiger partial charge in [-0.05, 0) is 31.6 Å². The van der Waals surface area contributed by atoms with Gasteiger partial charge in [0.1, 0.15) is 23.3 Å². The second-order valence-corrected chi connectivity index (χ2v) is 8.46. The number of nitrogens with zero attached hydrogens (tertiary/aromatic N) is 3. The largest absolute Gasteiger partial charge is 0.573 e. The first-order chi connectivity index (χ1) is 14.6. The second kappa shape index (κ2) is 7.50. The highest BCUT2D eigenvalue weighted by atomic mass is 35.5. The molecule has 164 valence electrons. The van der Waals surface area contributed by atoms with Gasteiger partial charge >= 0.3 is 6.36 Å². The highest BCUT2D eigenvalue weighted by Gasteiger charge is 2.54. The van der Waals surface area contributed by atoms with Gasteiger partial charge in [-0.15, -0.1) is 13.2 Å². The van der Waals surface area contributed by atoms with E-state index < -0.39 is 23.4 Å². The van der Waals surface area contributed by atoms with Crippen molar-refractivity contribution in [3.63, 3.8) is 0 Å². The van der Waals surface area contributed by atoms with E-state index in [1.54, 1.807) is 0 Å². The number of nitrogens with one attached hydrogen (secondary N) is 1. The first-order valence-electron chi connectivity index (χ1n) is 9.38. The minimum absolute atomic E-state index is 0.0302. The molecule has 2 aliphatic rings. The number of halogens is 5. The maximum absolute atomic E-state index is 12.6. The first kappa shape index (κ1) is 21.6. The van der Waals surface area contributed by atoms with Crippen LogP contribution in [0.2, 0.25) is 10.0 Å².